The molecule has 0 saturated carbocycles. The zero-order chi connectivity index (χ0) is 23.6. The summed E-state index contributed by atoms with van der Waals surface area (Å²) in [6, 6.07) is 7.72. The largest absolute Gasteiger partial charge is 0.416 e. The minimum Gasteiger partial charge on any atom is -0.338 e. The van der Waals surface area contributed by atoms with Gasteiger partial charge in [-0.05, 0) is 37.3 Å². The van der Waals surface area contributed by atoms with E-state index in [1.54, 1.807) is 28.1 Å². The SMILES string of the molecule is CC1CN(C(=O)Cc2noc(-c3cccc(C(F)(F)F)c3)n2)CCN1C(=O)c1cccnc1. The van der Waals surface area contributed by atoms with E-state index in [0.29, 0.717) is 25.2 Å². The first-order valence-electron chi connectivity index (χ1n) is 10.2. The number of aromatic nitrogens is 3. The Hall–Kier alpha value is -3.76. The molecule has 8 nitrogen and oxygen atoms in total. The van der Waals surface area contributed by atoms with Crippen molar-refractivity contribution in [2.45, 2.75) is 25.6 Å². The number of pyridine rings is 1. The average Bonchev–Trinajstić information content (AvgIpc) is 3.27. The van der Waals surface area contributed by atoms with Gasteiger partial charge in [0.1, 0.15) is 0 Å². The van der Waals surface area contributed by atoms with Crippen LogP contribution in [0.25, 0.3) is 11.5 Å². The predicted octanol–water partition coefficient (Wildman–Crippen LogP) is 3.07. The Morgan fingerprint density at radius 2 is 2.00 bits per heavy atom. The topological polar surface area (TPSA) is 92.4 Å². The number of carbonyl (C=O) groups is 2. The molecule has 1 atom stereocenters. The lowest BCUT2D eigenvalue weighted by atomic mass is 10.1. The minimum absolute atomic E-state index is 0.0777. The molecular weight excluding hydrogens is 439 g/mol. The average molecular weight is 459 g/mol. The Labute approximate surface area is 187 Å². The Morgan fingerprint density at radius 1 is 1.18 bits per heavy atom. The van der Waals surface area contributed by atoms with E-state index in [1.165, 1.54) is 18.3 Å². The second-order valence-corrected chi connectivity index (χ2v) is 7.70. The van der Waals surface area contributed by atoms with Crippen LogP contribution in [0.2, 0.25) is 0 Å². The van der Waals surface area contributed by atoms with Gasteiger partial charge in [-0.1, -0.05) is 11.2 Å². The van der Waals surface area contributed by atoms with Gasteiger partial charge < -0.3 is 14.3 Å². The number of piperazine rings is 1. The molecule has 1 fully saturated rings. The van der Waals surface area contributed by atoms with Crippen LogP contribution < -0.4 is 0 Å². The molecule has 0 bridgehead atoms. The summed E-state index contributed by atoms with van der Waals surface area (Å²) in [7, 11) is 0. The molecule has 4 rings (SSSR count). The fraction of sp³-hybridized carbons (Fsp3) is 0.318. The summed E-state index contributed by atoms with van der Waals surface area (Å²) in [5.41, 5.74) is -0.228. The van der Waals surface area contributed by atoms with Crippen molar-refractivity contribution in [3.63, 3.8) is 0 Å². The summed E-state index contributed by atoms with van der Waals surface area (Å²) in [6.45, 7) is 2.90. The molecule has 11 heteroatoms. The number of hydrogen-bond donors (Lipinski definition) is 0. The van der Waals surface area contributed by atoms with Crippen LogP contribution in [-0.4, -0.2) is 62.4 Å². The highest BCUT2D eigenvalue weighted by atomic mass is 19.4. The summed E-state index contributed by atoms with van der Waals surface area (Å²) >= 11 is 0. The minimum atomic E-state index is -4.49. The maximum Gasteiger partial charge on any atom is 0.416 e. The van der Waals surface area contributed by atoms with Crippen molar-refractivity contribution < 1.29 is 27.3 Å². The normalized spacial score (nSPS) is 16.7. The molecule has 2 aromatic heterocycles. The van der Waals surface area contributed by atoms with Crippen molar-refractivity contribution in [2.75, 3.05) is 19.6 Å². The van der Waals surface area contributed by atoms with Crippen molar-refractivity contribution in [2.24, 2.45) is 0 Å². The zero-order valence-electron chi connectivity index (χ0n) is 17.6. The van der Waals surface area contributed by atoms with Gasteiger partial charge in [0, 0.05) is 43.6 Å². The van der Waals surface area contributed by atoms with Crippen LogP contribution in [0.1, 0.15) is 28.7 Å². The first-order chi connectivity index (χ1) is 15.7. The fourth-order valence-corrected chi connectivity index (χ4v) is 3.66. The third-order valence-electron chi connectivity index (χ3n) is 5.36. The summed E-state index contributed by atoms with van der Waals surface area (Å²) in [5, 5.41) is 3.73. The lowest BCUT2D eigenvalue weighted by Crippen LogP contribution is -2.55. The van der Waals surface area contributed by atoms with Crippen LogP contribution in [0.3, 0.4) is 0 Å². The first kappa shape index (κ1) is 22.4. The molecule has 2 amide bonds. The van der Waals surface area contributed by atoms with E-state index in [-0.39, 0.29) is 41.6 Å². The molecule has 1 saturated heterocycles. The van der Waals surface area contributed by atoms with E-state index in [1.807, 2.05) is 6.92 Å². The highest BCUT2D eigenvalue weighted by Crippen LogP contribution is 2.31. The molecule has 1 aliphatic heterocycles. The summed E-state index contributed by atoms with van der Waals surface area (Å²) in [4.78, 5) is 36.8. The van der Waals surface area contributed by atoms with Crippen LogP contribution in [0.5, 0.6) is 0 Å². The van der Waals surface area contributed by atoms with Gasteiger partial charge in [0.15, 0.2) is 5.82 Å². The second kappa shape index (κ2) is 9.00. The molecule has 0 N–H and O–H groups in total. The third-order valence-corrected chi connectivity index (χ3v) is 5.36. The van der Waals surface area contributed by atoms with Crippen LogP contribution in [0.4, 0.5) is 13.2 Å². The van der Waals surface area contributed by atoms with Gasteiger partial charge in [0.2, 0.25) is 5.91 Å². The van der Waals surface area contributed by atoms with Crippen LogP contribution in [0, 0.1) is 0 Å². The number of benzene rings is 1. The van der Waals surface area contributed by atoms with Crippen molar-refractivity contribution in [3.05, 3.63) is 65.7 Å². The van der Waals surface area contributed by atoms with Crippen molar-refractivity contribution in [3.8, 4) is 11.5 Å². The number of hydrogen-bond acceptors (Lipinski definition) is 6. The van der Waals surface area contributed by atoms with Crippen molar-refractivity contribution in [1.29, 1.82) is 0 Å². The quantitative estimate of drug-likeness (QED) is 0.596. The van der Waals surface area contributed by atoms with E-state index in [4.69, 9.17) is 4.52 Å². The molecule has 33 heavy (non-hydrogen) atoms. The predicted molar refractivity (Wildman–Crippen MR) is 110 cm³/mol. The van der Waals surface area contributed by atoms with E-state index in [9.17, 15) is 22.8 Å². The third kappa shape index (κ3) is 5.02. The van der Waals surface area contributed by atoms with E-state index in [0.717, 1.165) is 12.1 Å². The molecule has 0 radical (unpaired) electrons. The molecule has 1 unspecified atom stereocenters. The van der Waals surface area contributed by atoms with Crippen LogP contribution in [-0.2, 0) is 17.4 Å². The van der Waals surface area contributed by atoms with Gasteiger partial charge in [0.25, 0.3) is 11.8 Å². The van der Waals surface area contributed by atoms with Gasteiger partial charge in [-0.3, -0.25) is 14.6 Å². The van der Waals surface area contributed by atoms with Crippen molar-refractivity contribution in [1.82, 2.24) is 24.9 Å². The van der Waals surface area contributed by atoms with Crippen LogP contribution >= 0.6 is 0 Å². The van der Waals surface area contributed by atoms with Crippen molar-refractivity contribution >= 4 is 11.8 Å². The lowest BCUT2D eigenvalue weighted by molar-refractivity contribution is -0.137. The number of halogens is 3. The summed E-state index contributed by atoms with van der Waals surface area (Å²) in [6.07, 6.45) is -1.56. The Bertz CT molecular complexity index is 1150. The number of nitrogens with zero attached hydrogens (tertiary/aromatic N) is 5. The summed E-state index contributed by atoms with van der Waals surface area (Å²) < 4.78 is 43.9. The molecule has 3 aromatic rings. The molecular formula is C22H20F3N5O3. The second-order valence-electron chi connectivity index (χ2n) is 7.70. The molecule has 172 valence electrons. The molecule has 1 aromatic carbocycles. The number of alkyl halides is 3. The van der Waals surface area contributed by atoms with E-state index in [2.05, 4.69) is 15.1 Å². The van der Waals surface area contributed by atoms with Gasteiger partial charge in [0.05, 0.1) is 17.5 Å². The summed E-state index contributed by atoms with van der Waals surface area (Å²) in [5.74, 6) is -0.420. The number of rotatable bonds is 4. The Balaban J connectivity index is 1.38. The molecule has 0 spiro atoms. The molecule has 3 heterocycles. The highest BCUT2D eigenvalue weighted by molar-refractivity contribution is 5.94. The van der Waals surface area contributed by atoms with Gasteiger partial charge in [-0.25, -0.2) is 0 Å². The van der Waals surface area contributed by atoms with Gasteiger partial charge in [-0.15, -0.1) is 0 Å². The van der Waals surface area contributed by atoms with Gasteiger partial charge in [-0.2, -0.15) is 18.2 Å². The van der Waals surface area contributed by atoms with Crippen LogP contribution in [0.15, 0.2) is 53.3 Å². The standard InChI is InChI=1S/C22H20F3N5O3/c1-14-13-29(8-9-30(14)21(32)16-5-3-7-26-12-16)19(31)11-18-27-20(33-28-18)15-4-2-6-17(10-15)22(23,24)25/h2-7,10,12,14H,8-9,11,13H2,1H3. The van der Waals surface area contributed by atoms with E-state index >= 15 is 0 Å². The molecule has 0 aliphatic carbocycles. The lowest BCUT2D eigenvalue weighted by Gasteiger charge is -2.39. The number of amides is 2. The zero-order valence-corrected chi connectivity index (χ0v) is 17.6. The maximum absolute atomic E-state index is 12.9. The van der Waals surface area contributed by atoms with E-state index < -0.39 is 11.7 Å². The smallest absolute Gasteiger partial charge is 0.338 e. The molecule has 1 aliphatic rings. The fourth-order valence-electron chi connectivity index (χ4n) is 3.66. The van der Waals surface area contributed by atoms with Gasteiger partial charge >= 0.3 is 6.18 Å². The Kier molecular flexibility index (Phi) is 6.12. The first-order valence-corrected chi connectivity index (χ1v) is 10.2. The maximum atomic E-state index is 12.9. The Morgan fingerprint density at radius 3 is 2.70 bits per heavy atom. The highest BCUT2D eigenvalue weighted by Gasteiger charge is 2.32. The number of carbonyl (C=O) groups excluding carboxylic acids is 2. The monoisotopic (exact) mass is 459 g/mol.